The molecule has 0 saturated heterocycles. The van der Waals surface area contributed by atoms with E-state index in [1.165, 1.54) is 58.2 Å². The third-order valence-electron chi connectivity index (χ3n) is 2.65. The summed E-state index contributed by atoms with van der Waals surface area (Å²) in [6, 6.07) is 0. The summed E-state index contributed by atoms with van der Waals surface area (Å²) in [6.45, 7) is 10.6. The monoisotopic (exact) mass is 337 g/mol. The van der Waals surface area contributed by atoms with Gasteiger partial charge in [-0.05, 0) is 19.3 Å². The minimum atomic E-state index is -0.500. The van der Waals surface area contributed by atoms with Gasteiger partial charge in [0.2, 0.25) is 0 Å². The van der Waals surface area contributed by atoms with Crippen molar-refractivity contribution in [3.8, 4) is 0 Å². The van der Waals surface area contributed by atoms with Crippen LogP contribution < -0.4 is 10.0 Å². The van der Waals surface area contributed by atoms with Crippen molar-refractivity contribution >= 4 is 6.47 Å². The van der Waals surface area contributed by atoms with Gasteiger partial charge in [-0.15, -0.1) is 0 Å². The number of carbonyl (C=O) groups is 1. The molecule has 1 N–H and O–H groups in total. The van der Waals surface area contributed by atoms with Crippen LogP contribution in [-0.2, 0) is 25.2 Å². The number of quaternary nitrogens is 1. The van der Waals surface area contributed by atoms with Crippen molar-refractivity contribution in [3.63, 3.8) is 0 Å². The van der Waals surface area contributed by atoms with E-state index in [-0.39, 0.29) is 20.4 Å². The Labute approximate surface area is 121 Å². The summed E-state index contributed by atoms with van der Waals surface area (Å²) in [5.74, 6) is 0. The van der Waals surface area contributed by atoms with Crippen LogP contribution in [0.2, 0.25) is 0 Å². The SMILES string of the molecule is CCCC[NH+](CCCC)CCCC.O=C[O-].[Pd+2]. The molecule has 0 saturated carbocycles. The first kappa shape index (κ1) is 22.3. The molecule has 0 fully saturated rings. The predicted octanol–water partition coefficient (Wildman–Crippen LogP) is 0.635. The van der Waals surface area contributed by atoms with Crippen LogP contribution in [0.15, 0.2) is 0 Å². The average Bonchev–Trinajstić information content (AvgIpc) is 2.29. The van der Waals surface area contributed by atoms with Gasteiger partial charge in [0.1, 0.15) is 0 Å². The summed E-state index contributed by atoms with van der Waals surface area (Å²) in [5.41, 5.74) is 0. The Morgan fingerprint density at radius 1 is 0.882 bits per heavy atom. The normalized spacial score (nSPS) is 9.18. The molecule has 0 radical (unpaired) electrons. The first-order valence-corrected chi connectivity index (χ1v) is 6.65. The van der Waals surface area contributed by atoms with Gasteiger partial charge >= 0.3 is 20.4 Å². The molecule has 0 aliphatic rings. The van der Waals surface area contributed by atoms with E-state index in [0.717, 1.165) is 0 Å². The van der Waals surface area contributed by atoms with Crippen LogP contribution in [0.3, 0.4) is 0 Å². The molecule has 0 atom stereocenters. The van der Waals surface area contributed by atoms with E-state index in [2.05, 4.69) is 20.8 Å². The van der Waals surface area contributed by atoms with E-state index in [1.807, 2.05) is 4.90 Å². The second kappa shape index (κ2) is 21.4. The van der Waals surface area contributed by atoms with Crippen LogP contribution in [0.4, 0.5) is 0 Å². The van der Waals surface area contributed by atoms with E-state index in [0.29, 0.717) is 0 Å². The van der Waals surface area contributed by atoms with E-state index in [9.17, 15) is 0 Å². The maximum Gasteiger partial charge on any atom is 2.00 e. The van der Waals surface area contributed by atoms with E-state index < -0.39 is 6.47 Å². The van der Waals surface area contributed by atoms with Gasteiger partial charge in [0, 0.05) is 6.47 Å². The molecule has 0 aromatic heterocycles. The number of hydrogen-bond acceptors (Lipinski definition) is 2. The van der Waals surface area contributed by atoms with Crippen LogP contribution in [-0.4, -0.2) is 26.1 Å². The number of carbonyl (C=O) groups excluding carboxylic acids is 1. The summed E-state index contributed by atoms with van der Waals surface area (Å²) in [4.78, 5) is 10.1. The van der Waals surface area contributed by atoms with Gasteiger partial charge in [0.05, 0.1) is 19.6 Å². The molecule has 3 nitrogen and oxygen atoms in total. The Morgan fingerprint density at radius 3 is 1.29 bits per heavy atom. The summed E-state index contributed by atoms with van der Waals surface area (Å²) in [7, 11) is 0. The van der Waals surface area contributed by atoms with Crippen molar-refractivity contribution in [2.24, 2.45) is 0 Å². The zero-order chi connectivity index (χ0) is 12.6. The maximum absolute atomic E-state index is 8.25. The van der Waals surface area contributed by atoms with E-state index >= 15 is 0 Å². The molecular formula is C13H29NO2Pd+2. The van der Waals surface area contributed by atoms with Gasteiger partial charge in [-0.1, -0.05) is 40.0 Å². The van der Waals surface area contributed by atoms with Crippen molar-refractivity contribution in [3.05, 3.63) is 0 Å². The van der Waals surface area contributed by atoms with Gasteiger partial charge in [-0.3, -0.25) is 0 Å². The largest absolute Gasteiger partial charge is 2.00 e. The molecule has 0 aromatic carbocycles. The Morgan fingerprint density at radius 2 is 1.12 bits per heavy atom. The zero-order valence-corrected chi connectivity index (χ0v) is 13.1. The zero-order valence-electron chi connectivity index (χ0n) is 11.6. The third kappa shape index (κ3) is 21.9. The second-order valence-electron chi connectivity index (χ2n) is 4.16. The van der Waals surface area contributed by atoms with Gasteiger partial charge in [-0.25, -0.2) is 0 Å². The number of carboxylic acid groups (broad SMARTS) is 1. The Kier molecular flexibility index (Phi) is 28.0. The summed E-state index contributed by atoms with van der Waals surface area (Å²) in [6.07, 6.45) is 8.26. The molecule has 0 aliphatic carbocycles. The third-order valence-corrected chi connectivity index (χ3v) is 2.65. The molecule has 0 rings (SSSR count). The number of unbranched alkanes of at least 4 members (excludes halogenated alkanes) is 3. The Bertz CT molecular complexity index is 116. The number of nitrogens with one attached hydrogen (secondary N) is 1. The minimum absolute atomic E-state index is 0. The molecule has 4 heteroatoms. The van der Waals surface area contributed by atoms with Gasteiger partial charge in [-0.2, -0.15) is 0 Å². The van der Waals surface area contributed by atoms with Crippen molar-refractivity contribution < 1.29 is 35.2 Å². The van der Waals surface area contributed by atoms with Crippen molar-refractivity contribution in [1.29, 1.82) is 0 Å². The molecule has 0 aliphatic heterocycles. The molecule has 0 aromatic rings. The second-order valence-corrected chi connectivity index (χ2v) is 4.16. The Balaban J connectivity index is -0.000000440. The fourth-order valence-electron chi connectivity index (χ4n) is 1.66. The quantitative estimate of drug-likeness (QED) is 0.495. The summed E-state index contributed by atoms with van der Waals surface area (Å²) in [5, 5.41) is 8.25. The van der Waals surface area contributed by atoms with Crippen molar-refractivity contribution in [2.45, 2.75) is 59.3 Å². The van der Waals surface area contributed by atoms with Gasteiger partial charge in [0.15, 0.2) is 0 Å². The first-order chi connectivity index (χ1) is 7.76. The van der Waals surface area contributed by atoms with Crippen LogP contribution in [0.1, 0.15) is 59.3 Å². The van der Waals surface area contributed by atoms with Gasteiger partial charge < -0.3 is 14.8 Å². The smallest absolute Gasteiger partial charge is 0.554 e. The van der Waals surface area contributed by atoms with Crippen LogP contribution >= 0.6 is 0 Å². The molecule has 0 amide bonds. The minimum Gasteiger partial charge on any atom is -0.554 e. The molecule has 0 spiro atoms. The molecule has 0 bridgehead atoms. The predicted molar refractivity (Wildman–Crippen MR) is 66.4 cm³/mol. The van der Waals surface area contributed by atoms with E-state index in [1.54, 1.807) is 0 Å². The molecule has 0 heterocycles. The fraction of sp³-hybridized carbons (Fsp3) is 0.923. The number of rotatable bonds is 9. The molecular weight excluding hydrogens is 309 g/mol. The standard InChI is InChI=1S/C12H27N.CH2O2.Pd/c1-4-7-10-13(11-8-5-2)12-9-6-3;2-1-3;/h4-12H2,1-3H3;1H,(H,2,3);/q;;+2. The average molecular weight is 338 g/mol. The van der Waals surface area contributed by atoms with E-state index in [4.69, 9.17) is 9.90 Å². The van der Waals surface area contributed by atoms with Crippen LogP contribution in [0, 0.1) is 0 Å². The molecule has 0 unspecified atom stereocenters. The Hall–Kier alpha value is 0.0923. The van der Waals surface area contributed by atoms with Crippen LogP contribution in [0.25, 0.3) is 0 Å². The first-order valence-electron chi connectivity index (χ1n) is 6.65. The van der Waals surface area contributed by atoms with Crippen LogP contribution in [0.5, 0.6) is 0 Å². The molecule has 17 heavy (non-hydrogen) atoms. The molecule has 106 valence electrons. The van der Waals surface area contributed by atoms with Gasteiger partial charge in [0.25, 0.3) is 0 Å². The maximum atomic E-state index is 8.25. The topological polar surface area (TPSA) is 44.6 Å². The summed E-state index contributed by atoms with van der Waals surface area (Å²) >= 11 is 0. The fourth-order valence-corrected chi connectivity index (χ4v) is 1.66. The van der Waals surface area contributed by atoms with Crippen molar-refractivity contribution in [1.82, 2.24) is 0 Å². The number of hydrogen-bond donors (Lipinski definition) is 1. The summed E-state index contributed by atoms with van der Waals surface area (Å²) < 4.78 is 0. The van der Waals surface area contributed by atoms with Crippen molar-refractivity contribution in [2.75, 3.05) is 19.6 Å².